The number of hydrogen-bond donors (Lipinski definition) is 2. The molecule has 0 aliphatic rings. The third-order valence-electron chi connectivity index (χ3n) is 2.64. The number of hydrogen-bond acceptors (Lipinski definition) is 2. The van der Waals surface area contributed by atoms with Crippen LogP contribution in [0.5, 0.6) is 0 Å². The Morgan fingerprint density at radius 3 is 2.50 bits per heavy atom. The fourth-order valence-corrected chi connectivity index (χ4v) is 1.75. The summed E-state index contributed by atoms with van der Waals surface area (Å²) in [6.07, 6.45) is 0. The summed E-state index contributed by atoms with van der Waals surface area (Å²) in [6, 6.07) is 1.88. The molecule has 3 N–H and O–H groups in total. The van der Waals surface area contributed by atoms with Gasteiger partial charge in [0.15, 0.2) is 0 Å². The van der Waals surface area contributed by atoms with Crippen molar-refractivity contribution < 1.29 is 9.50 Å². The van der Waals surface area contributed by atoms with Crippen molar-refractivity contribution in [1.29, 1.82) is 0 Å². The van der Waals surface area contributed by atoms with Crippen LogP contribution >= 0.6 is 23.2 Å². The molecule has 90 valence electrons. The number of aliphatic hydroxyl groups excluding tert-OH is 1. The van der Waals surface area contributed by atoms with Gasteiger partial charge in [-0.2, -0.15) is 0 Å². The van der Waals surface area contributed by atoms with Crippen LogP contribution in [0.15, 0.2) is 12.1 Å². The molecule has 0 radical (unpaired) electrons. The van der Waals surface area contributed by atoms with Gasteiger partial charge in [0, 0.05) is 23.6 Å². The van der Waals surface area contributed by atoms with Gasteiger partial charge in [-0.15, -0.1) is 0 Å². The molecule has 5 heteroatoms. The number of rotatable bonds is 3. The normalized spacial score (nSPS) is 13.9. The molecule has 0 saturated carbocycles. The number of aliphatic hydroxyl groups is 1. The van der Waals surface area contributed by atoms with Crippen molar-refractivity contribution in [1.82, 2.24) is 0 Å². The van der Waals surface area contributed by atoms with Crippen LogP contribution in [0.3, 0.4) is 0 Å². The molecule has 0 bridgehead atoms. The van der Waals surface area contributed by atoms with Gasteiger partial charge in [0.05, 0.1) is 10.0 Å². The summed E-state index contributed by atoms with van der Waals surface area (Å²) in [5, 5.41) is 9.56. The summed E-state index contributed by atoms with van der Waals surface area (Å²) >= 11 is 11.7. The van der Waals surface area contributed by atoms with Crippen molar-refractivity contribution in [3.63, 3.8) is 0 Å². The van der Waals surface area contributed by atoms with E-state index in [2.05, 4.69) is 0 Å². The number of halogens is 3. The maximum atomic E-state index is 13.6. The molecule has 16 heavy (non-hydrogen) atoms. The molecule has 0 saturated heterocycles. The van der Waals surface area contributed by atoms with Crippen molar-refractivity contribution in [2.75, 3.05) is 6.61 Å². The first-order valence-corrected chi connectivity index (χ1v) is 5.56. The molecule has 0 aromatic heterocycles. The van der Waals surface area contributed by atoms with Crippen LogP contribution in [0.1, 0.15) is 25.5 Å². The van der Waals surface area contributed by atoms with E-state index in [0.717, 1.165) is 0 Å². The first-order valence-electron chi connectivity index (χ1n) is 4.81. The molecule has 0 spiro atoms. The van der Waals surface area contributed by atoms with E-state index in [9.17, 15) is 9.50 Å². The Kier molecular flexibility index (Phi) is 4.18. The topological polar surface area (TPSA) is 46.2 Å². The largest absolute Gasteiger partial charge is 0.396 e. The van der Waals surface area contributed by atoms with Crippen LogP contribution in [0.25, 0.3) is 0 Å². The Morgan fingerprint density at radius 1 is 1.44 bits per heavy atom. The van der Waals surface area contributed by atoms with Crippen molar-refractivity contribution >= 4 is 23.2 Å². The Balaban J connectivity index is 3.28. The number of benzene rings is 1. The summed E-state index contributed by atoms with van der Waals surface area (Å²) in [5.41, 5.74) is 5.39. The van der Waals surface area contributed by atoms with Crippen LogP contribution in [0.2, 0.25) is 10.0 Å². The lowest BCUT2D eigenvalue weighted by Gasteiger charge is -2.30. The van der Waals surface area contributed by atoms with Gasteiger partial charge in [-0.1, -0.05) is 37.0 Å². The van der Waals surface area contributed by atoms with Gasteiger partial charge in [-0.3, -0.25) is 0 Å². The Labute approximate surface area is 104 Å². The highest BCUT2D eigenvalue weighted by Gasteiger charge is 2.31. The third-order valence-corrected chi connectivity index (χ3v) is 3.46. The average Bonchev–Trinajstić information content (AvgIpc) is 2.24. The molecule has 0 unspecified atom stereocenters. The second kappa shape index (κ2) is 4.88. The van der Waals surface area contributed by atoms with E-state index in [-0.39, 0.29) is 22.2 Å². The van der Waals surface area contributed by atoms with E-state index in [1.165, 1.54) is 12.1 Å². The van der Waals surface area contributed by atoms with Crippen molar-refractivity contribution in [3.8, 4) is 0 Å². The van der Waals surface area contributed by atoms with Gasteiger partial charge in [0.25, 0.3) is 0 Å². The average molecular weight is 266 g/mol. The Morgan fingerprint density at radius 2 is 2.00 bits per heavy atom. The smallest absolute Gasteiger partial charge is 0.129 e. The third kappa shape index (κ3) is 2.48. The van der Waals surface area contributed by atoms with E-state index >= 15 is 0 Å². The summed E-state index contributed by atoms with van der Waals surface area (Å²) in [5.74, 6) is -0.511. The van der Waals surface area contributed by atoms with Crippen molar-refractivity contribution in [3.05, 3.63) is 33.6 Å². The number of nitrogens with two attached hydrogens (primary N) is 1. The lowest BCUT2D eigenvalue weighted by Crippen LogP contribution is -2.33. The van der Waals surface area contributed by atoms with Crippen molar-refractivity contribution in [2.45, 2.75) is 19.9 Å². The van der Waals surface area contributed by atoms with Crippen molar-refractivity contribution in [2.24, 2.45) is 11.1 Å². The summed E-state index contributed by atoms with van der Waals surface area (Å²) in [4.78, 5) is 0. The molecule has 0 fully saturated rings. The van der Waals surface area contributed by atoms with E-state index in [0.29, 0.717) is 0 Å². The lowest BCUT2D eigenvalue weighted by molar-refractivity contribution is 0.131. The monoisotopic (exact) mass is 265 g/mol. The molecule has 1 aromatic rings. The van der Waals surface area contributed by atoms with Gasteiger partial charge in [-0.25, -0.2) is 4.39 Å². The van der Waals surface area contributed by atoms with Gasteiger partial charge in [0.1, 0.15) is 5.82 Å². The molecule has 1 aromatic carbocycles. The zero-order chi connectivity index (χ0) is 12.5. The molecule has 1 rings (SSSR count). The van der Waals surface area contributed by atoms with Crippen LogP contribution < -0.4 is 5.73 Å². The summed E-state index contributed by atoms with van der Waals surface area (Å²) in [6.45, 7) is 3.29. The fourth-order valence-electron chi connectivity index (χ4n) is 1.32. The maximum absolute atomic E-state index is 13.6. The van der Waals surface area contributed by atoms with Crippen LogP contribution in [-0.4, -0.2) is 11.7 Å². The van der Waals surface area contributed by atoms with Gasteiger partial charge >= 0.3 is 0 Å². The second-order valence-corrected chi connectivity index (χ2v) is 5.17. The quantitative estimate of drug-likeness (QED) is 0.825. The fraction of sp³-hybridized carbons (Fsp3) is 0.455. The summed E-state index contributed by atoms with van der Waals surface area (Å²) in [7, 11) is 0. The first kappa shape index (κ1) is 13.7. The highest BCUT2D eigenvalue weighted by molar-refractivity contribution is 6.42. The zero-order valence-corrected chi connectivity index (χ0v) is 10.6. The molecule has 1 atom stereocenters. The molecule has 0 aliphatic carbocycles. The molecule has 0 heterocycles. The predicted molar refractivity (Wildman–Crippen MR) is 64.2 cm³/mol. The summed E-state index contributed by atoms with van der Waals surface area (Å²) < 4.78 is 13.6. The van der Waals surface area contributed by atoms with Gasteiger partial charge in [-0.05, 0) is 12.1 Å². The van der Waals surface area contributed by atoms with E-state index in [1.54, 1.807) is 13.8 Å². The Hall–Kier alpha value is -0.350. The minimum absolute atomic E-state index is 0.107. The SMILES string of the molecule is CC(C)(CO)[C@@H](N)c1c(F)ccc(Cl)c1Cl. The molecule has 2 nitrogen and oxygen atoms in total. The van der Waals surface area contributed by atoms with E-state index in [1.807, 2.05) is 0 Å². The predicted octanol–water partition coefficient (Wildman–Crippen LogP) is 3.15. The second-order valence-electron chi connectivity index (χ2n) is 4.38. The van der Waals surface area contributed by atoms with Gasteiger partial charge in [0.2, 0.25) is 0 Å². The van der Waals surface area contributed by atoms with E-state index in [4.69, 9.17) is 28.9 Å². The minimum Gasteiger partial charge on any atom is -0.396 e. The molecular formula is C11H14Cl2FNO. The van der Waals surface area contributed by atoms with Gasteiger partial charge < -0.3 is 10.8 Å². The first-order chi connectivity index (χ1) is 7.31. The zero-order valence-electron chi connectivity index (χ0n) is 9.10. The van der Waals surface area contributed by atoms with Crippen LogP contribution in [0, 0.1) is 11.2 Å². The standard InChI is InChI=1S/C11H14Cl2FNO/c1-11(2,5-16)10(15)8-7(14)4-3-6(12)9(8)13/h3-4,10,16H,5,15H2,1-2H3/t10-/m0/s1. The Bertz CT molecular complexity index is 396. The highest BCUT2D eigenvalue weighted by Crippen LogP contribution is 2.38. The van der Waals surface area contributed by atoms with Crippen LogP contribution in [0.4, 0.5) is 4.39 Å². The van der Waals surface area contributed by atoms with Crippen LogP contribution in [-0.2, 0) is 0 Å². The molecular weight excluding hydrogens is 252 g/mol. The highest BCUT2D eigenvalue weighted by atomic mass is 35.5. The molecule has 0 aliphatic heterocycles. The minimum atomic E-state index is -0.719. The van der Waals surface area contributed by atoms with E-state index < -0.39 is 17.3 Å². The lowest BCUT2D eigenvalue weighted by atomic mass is 9.81. The maximum Gasteiger partial charge on any atom is 0.129 e. The molecule has 0 amide bonds.